The van der Waals surface area contributed by atoms with Gasteiger partial charge >= 0.3 is 0 Å². The molecule has 0 aromatic heterocycles. The molecule has 0 spiro atoms. The predicted octanol–water partition coefficient (Wildman–Crippen LogP) is 2.98. The molecule has 0 atom stereocenters. The monoisotopic (exact) mass is 287 g/mol. The van der Waals surface area contributed by atoms with Gasteiger partial charge in [0.15, 0.2) is 5.11 Å². The molecule has 0 bridgehead atoms. The second kappa shape index (κ2) is 7.27. The van der Waals surface area contributed by atoms with E-state index in [2.05, 4.69) is 22.4 Å². The lowest BCUT2D eigenvalue weighted by atomic mass is 10.2. The standard InChI is InChI=1S/C11H11Cl2N3S/c1-2-5-14-11(17)16-15-7-8-3-4-9(12)6-10(8)13/h2-4,6-7H,1,5H2,(H2,14,16,17)/b15-7-. The maximum atomic E-state index is 5.96. The SMILES string of the molecule is C=CCNC(=S)N/N=C\c1ccc(Cl)cc1Cl. The number of benzene rings is 1. The Labute approximate surface area is 115 Å². The number of hydrogen-bond donors (Lipinski definition) is 2. The second-order valence-electron chi connectivity index (χ2n) is 3.03. The van der Waals surface area contributed by atoms with Gasteiger partial charge in [0.25, 0.3) is 0 Å². The first-order valence-electron chi connectivity index (χ1n) is 4.76. The molecular formula is C11H11Cl2N3S. The molecule has 0 radical (unpaired) electrons. The third-order valence-electron chi connectivity index (χ3n) is 1.74. The number of halogens is 2. The van der Waals surface area contributed by atoms with Crippen LogP contribution in [0.1, 0.15) is 5.56 Å². The van der Waals surface area contributed by atoms with Gasteiger partial charge < -0.3 is 5.32 Å². The molecule has 3 nitrogen and oxygen atoms in total. The van der Waals surface area contributed by atoms with Gasteiger partial charge in [-0.3, -0.25) is 5.43 Å². The highest BCUT2D eigenvalue weighted by Crippen LogP contribution is 2.19. The van der Waals surface area contributed by atoms with E-state index in [0.29, 0.717) is 21.7 Å². The van der Waals surface area contributed by atoms with Crippen LogP contribution in [0.4, 0.5) is 0 Å². The van der Waals surface area contributed by atoms with E-state index in [0.717, 1.165) is 5.56 Å². The number of nitrogens with zero attached hydrogens (tertiary/aromatic N) is 1. The summed E-state index contributed by atoms with van der Waals surface area (Å²) in [7, 11) is 0. The lowest BCUT2D eigenvalue weighted by Gasteiger charge is -2.03. The van der Waals surface area contributed by atoms with Crippen molar-refractivity contribution in [3.63, 3.8) is 0 Å². The van der Waals surface area contributed by atoms with Crippen molar-refractivity contribution in [1.82, 2.24) is 10.7 Å². The van der Waals surface area contributed by atoms with Crippen molar-refractivity contribution in [3.05, 3.63) is 46.5 Å². The van der Waals surface area contributed by atoms with E-state index in [4.69, 9.17) is 35.4 Å². The van der Waals surface area contributed by atoms with Gasteiger partial charge in [0, 0.05) is 17.1 Å². The average molecular weight is 288 g/mol. The smallest absolute Gasteiger partial charge is 0.187 e. The highest BCUT2D eigenvalue weighted by molar-refractivity contribution is 7.80. The number of hydrogen-bond acceptors (Lipinski definition) is 2. The van der Waals surface area contributed by atoms with Crippen molar-refractivity contribution < 1.29 is 0 Å². The van der Waals surface area contributed by atoms with Gasteiger partial charge in [0.1, 0.15) is 0 Å². The van der Waals surface area contributed by atoms with Crippen molar-refractivity contribution in [2.24, 2.45) is 5.10 Å². The molecule has 2 N–H and O–H groups in total. The van der Waals surface area contributed by atoms with E-state index in [9.17, 15) is 0 Å². The molecule has 0 aliphatic heterocycles. The summed E-state index contributed by atoms with van der Waals surface area (Å²) < 4.78 is 0. The molecule has 0 amide bonds. The minimum atomic E-state index is 0.422. The summed E-state index contributed by atoms with van der Waals surface area (Å²) >= 11 is 16.7. The Hall–Kier alpha value is -1.10. The van der Waals surface area contributed by atoms with Crippen LogP contribution in [0.5, 0.6) is 0 Å². The van der Waals surface area contributed by atoms with Crippen LogP contribution in [-0.2, 0) is 0 Å². The lowest BCUT2D eigenvalue weighted by molar-refractivity contribution is 0.942. The molecule has 17 heavy (non-hydrogen) atoms. The zero-order chi connectivity index (χ0) is 12.7. The molecule has 0 saturated carbocycles. The minimum Gasteiger partial charge on any atom is -0.358 e. The number of thiocarbonyl (C=S) groups is 1. The van der Waals surface area contributed by atoms with Crippen LogP contribution in [0.15, 0.2) is 36.0 Å². The van der Waals surface area contributed by atoms with Crippen LogP contribution in [-0.4, -0.2) is 17.9 Å². The highest BCUT2D eigenvalue weighted by atomic mass is 35.5. The first kappa shape index (κ1) is 14.0. The van der Waals surface area contributed by atoms with Crippen LogP contribution < -0.4 is 10.7 Å². The summed E-state index contributed by atoms with van der Waals surface area (Å²) in [5, 5.41) is 8.37. The first-order chi connectivity index (χ1) is 8.13. The lowest BCUT2D eigenvalue weighted by Crippen LogP contribution is -2.31. The average Bonchev–Trinajstić information content (AvgIpc) is 2.29. The molecule has 1 aromatic rings. The van der Waals surface area contributed by atoms with Gasteiger partial charge in [-0.15, -0.1) is 6.58 Å². The minimum absolute atomic E-state index is 0.422. The highest BCUT2D eigenvalue weighted by Gasteiger charge is 1.97. The summed E-state index contributed by atoms with van der Waals surface area (Å²) in [5.41, 5.74) is 3.42. The van der Waals surface area contributed by atoms with Gasteiger partial charge in [-0.2, -0.15) is 5.10 Å². The van der Waals surface area contributed by atoms with Gasteiger partial charge in [-0.1, -0.05) is 35.3 Å². The third-order valence-corrected chi connectivity index (χ3v) is 2.54. The molecule has 0 aliphatic carbocycles. The van der Waals surface area contributed by atoms with E-state index in [1.165, 1.54) is 0 Å². The van der Waals surface area contributed by atoms with E-state index < -0.39 is 0 Å². The van der Waals surface area contributed by atoms with Crippen molar-refractivity contribution in [2.45, 2.75) is 0 Å². The molecule has 90 valence electrons. The summed E-state index contributed by atoms with van der Waals surface area (Å²) in [6.45, 7) is 4.15. The Bertz CT molecular complexity index is 446. The number of nitrogens with one attached hydrogen (secondary N) is 2. The molecule has 1 rings (SSSR count). The number of hydrazone groups is 1. The van der Waals surface area contributed by atoms with Crippen LogP contribution in [0.25, 0.3) is 0 Å². The zero-order valence-corrected chi connectivity index (χ0v) is 11.2. The van der Waals surface area contributed by atoms with Crippen LogP contribution in [0, 0.1) is 0 Å². The van der Waals surface area contributed by atoms with Crippen LogP contribution in [0.2, 0.25) is 10.0 Å². The summed E-state index contributed by atoms with van der Waals surface area (Å²) in [5.74, 6) is 0. The Morgan fingerprint density at radius 3 is 2.88 bits per heavy atom. The van der Waals surface area contributed by atoms with Crippen molar-refractivity contribution in [2.75, 3.05) is 6.54 Å². The maximum absolute atomic E-state index is 5.96. The Morgan fingerprint density at radius 1 is 1.47 bits per heavy atom. The normalized spacial score (nSPS) is 10.2. The molecule has 0 unspecified atom stereocenters. The van der Waals surface area contributed by atoms with Gasteiger partial charge in [-0.25, -0.2) is 0 Å². The quantitative estimate of drug-likeness (QED) is 0.387. The van der Waals surface area contributed by atoms with E-state index in [1.807, 2.05) is 0 Å². The fraction of sp³-hybridized carbons (Fsp3) is 0.0909. The third kappa shape index (κ3) is 5.17. The fourth-order valence-corrected chi connectivity index (χ4v) is 1.56. The topological polar surface area (TPSA) is 36.4 Å². The fourth-order valence-electron chi connectivity index (χ4n) is 0.971. The summed E-state index contributed by atoms with van der Waals surface area (Å²) in [6, 6.07) is 5.16. The maximum Gasteiger partial charge on any atom is 0.187 e. The molecule has 0 fully saturated rings. The van der Waals surface area contributed by atoms with Crippen molar-refractivity contribution in [1.29, 1.82) is 0 Å². The second-order valence-corrected chi connectivity index (χ2v) is 4.29. The summed E-state index contributed by atoms with van der Waals surface area (Å²) in [4.78, 5) is 0. The molecular weight excluding hydrogens is 277 g/mol. The largest absolute Gasteiger partial charge is 0.358 e. The molecule has 6 heteroatoms. The van der Waals surface area contributed by atoms with Crippen molar-refractivity contribution >= 4 is 46.7 Å². The van der Waals surface area contributed by atoms with Gasteiger partial charge in [-0.05, 0) is 24.4 Å². The van der Waals surface area contributed by atoms with Gasteiger partial charge in [0.2, 0.25) is 0 Å². The van der Waals surface area contributed by atoms with E-state index in [1.54, 1.807) is 30.5 Å². The van der Waals surface area contributed by atoms with E-state index >= 15 is 0 Å². The molecule has 0 aliphatic rings. The van der Waals surface area contributed by atoms with Crippen LogP contribution in [0.3, 0.4) is 0 Å². The molecule has 0 heterocycles. The Morgan fingerprint density at radius 2 is 2.24 bits per heavy atom. The summed E-state index contributed by atoms with van der Waals surface area (Å²) in [6.07, 6.45) is 3.27. The number of rotatable bonds is 4. The van der Waals surface area contributed by atoms with Crippen LogP contribution >= 0.6 is 35.4 Å². The Kier molecular flexibility index (Phi) is 5.97. The molecule has 0 saturated heterocycles. The van der Waals surface area contributed by atoms with E-state index in [-0.39, 0.29) is 0 Å². The van der Waals surface area contributed by atoms with Crippen molar-refractivity contribution in [3.8, 4) is 0 Å². The van der Waals surface area contributed by atoms with Gasteiger partial charge in [0.05, 0.1) is 11.2 Å². The zero-order valence-electron chi connectivity index (χ0n) is 8.91. The Balaban J connectivity index is 2.53. The first-order valence-corrected chi connectivity index (χ1v) is 5.92. The molecule has 1 aromatic carbocycles. The predicted molar refractivity (Wildman–Crippen MR) is 78.0 cm³/mol.